The highest BCUT2D eigenvalue weighted by Gasteiger charge is 2.35. The number of ether oxygens (including phenoxy) is 1. The number of carbonyl (C=O) groups excluding carboxylic acids is 1. The number of fused-ring (bicyclic) bond motifs is 1. The molecule has 0 spiro atoms. The molecular formula is C20H22N2O4. The summed E-state index contributed by atoms with van der Waals surface area (Å²) in [4.78, 5) is 23.8. The zero-order valence-corrected chi connectivity index (χ0v) is 14.8. The van der Waals surface area contributed by atoms with Gasteiger partial charge in [0.1, 0.15) is 16.9 Å². The van der Waals surface area contributed by atoms with Crippen molar-refractivity contribution in [1.82, 2.24) is 5.32 Å². The Morgan fingerprint density at radius 3 is 2.81 bits per heavy atom. The number of rotatable bonds is 6. The normalized spacial score (nSPS) is 15.5. The fourth-order valence-corrected chi connectivity index (χ4v) is 3.47. The van der Waals surface area contributed by atoms with Crippen molar-refractivity contribution < 1.29 is 13.9 Å². The maximum Gasteiger partial charge on any atom is 0.336 e. The summed E-state index contributed by atoms with van der Waals surface area (Å²) < 4.78 is 10.8. The molecule has 1 N–H and O–H groups in total. The van der Waals surface area contributed by atoms with Crippen LogP contribution in [0.5, 0.6) is 5.75 Å². The number of nitrogens with zero attached hydrogens (tertiary/aromatic N) is 1. The van der Waals surface area contributed by atoms with E-state index < -0.39 is 11.2 Å². The maximum atomic E-state index is 12.1. The van der Waals surface area contributed by atoms with Crippen molar-refractivity contribution in [1.29, 1.82) is 5.26 Å². The van der Waals surface area contributed by atoms with Crippen molar-refractivity contribution in [2.75, 3.05) is 6.61 Å². The molecule has 0 aliphatic heterocycles. The Balaban J connectivity index is 1.70. The van der Waals surface area contributed by atoms with Gasteiger partial charge >= 0.3 is 5.63 Å². The van der Waals surface area contributed by atoms with Crippen LogP contribution in [0.2, 0.25) is 0 Å². The number of carbonyl (C=O) groups is 1. The summed E-state index contributed by atoms with van der Waals surface area (Å²) in [6.45, 7) is 1.86. The first-order valence-electron chi connectivity index (χ1n) is 8.97. The van der Waals surface area contributed by atoms with Crippen LogP contribution < -0.4 is 15.7 Å². The van der Waals surface area contributed by atoms with Gasteiger partial charge in [0.15, 0.2) is 6.61 Å². The van der Waals surface area contributed by atoms with Crippen molar-refractivity contribution in [3.63, 3.8) is 0 Å². The largest absolute Gasteiger partial charge is 0.484 e. The Labute approximate surface area is 151 Å². The molecule has 1 fully saturated rings. The van der Waals surface area contributed by atoms with E-state index in [9.17, 15) is 14.9 Å². The molecule has 1 amide bonds. The van der Waals surface area contributed by atoms with Gasteiger partial charge < -0.3 is 14.5 Å². The molecule has 1 aromatic carbocycles. The first-order chi connectivity index (χ1) is 12.5. The molecule has 1 heterocycles. The first-order valence-corrected chi connectivity index (χ1v) is 8.97. The van der Waals surface area contributed by atoms with Crippen LogP contribution in [0.1, 0.15) is 44.6 Å². The Hall–Kier alpha value is -2.81. The van der Waals surface area contributed by atoms with Crippen molar-refractivity contribution >= 4 is 16.9 Å². The van der Waals surface area contributed by atoms with Crippen molar-refractivity contribution in [3.8, 4) is 11.8 Å². The SMILES string of the molecule is CCCc1cc(=O)oc2cc(OCC(=O)NC3(C#N)CCCC3)ccc12. The summed E-state index contributed by atoms with van der Waals surface area (Å²) in [6.07, 6.45) is 4.96. The van der Waals surface area contributed by atoms with E-state index in [2.05, 4.69) is 18.3 Å². The predicted molar refractivity (Wildman–Crippen MR) is 96.9 cm³/mol. The van der Waals surface area contributed by atoms with Gasteiger partial charge in [-0.1, -0.05) is 13.3 Å². The highest BCUT2D eigenvalue weighted by Crippen LogP contribution is 2.29. The number of benzene rings is 1. The third kappa shape index (κ3) is 3.88. The summed E-state index contributed by atoms with van der Waals surface area (Å²) in [5.74, 6) is 0.122. The summed E-state index contributed by atoms with van der Waals surface area (Å²) in [5.41, 5.74) is 0.238. The molecule has 1 aliphatic rings. The number of amides is 1. The van der Waals surface area contributed by atoms with E-state index in [1.807, 2.05) is 6.07 Å². The van der Waals surface area contributed by atoms with Crippen LogP contribution in [-0.4, -0.2) is 18.1 Å². The smallest absolute Gasteiger partial charge is 0.336 e. The molecule has 1 aliphatic carbocycles. The number of hydrogen-bond acceptors (Lipinski definition) is 5. The van der Waals surface area contributed by atoms with E-state index in [1.165, 1.54) is 6.07 Å². The van der Waals surface area contributed by atoms with Crippen molar-refractivity contribution in [2.45, 2.75) is 51.0 Å². The van der Waals surface area contributed by atoms with Crippen molar-refractivity contribution in [2.24, 2.45) is 0 Å². The lowest BCUT2D eigenvalue weighted by Gasteiger charge is -2.21. The van der Waals surface area contributed by atoms with Crippen LogP contribution in [-0.2, 0) is 11.2 Å². The van der Waals surface area contributed by atoms with Gasteiger partial charge in [-0.05, 0) is 49.8 Å². The molecule has 0 atom stereocenters. The van der Waals surface area contributed by atoms with Crippen LogP contribution in [0, 0.1) is 11.3 Å². The number of nitrogens with one attached hydrogen (secondary N) is 1. The summed E-state index contributed by atoms with van der Waals surface area (Å²) >= 11 is 0. The standard InChI is InChI=1S/C20H22N2O4/c1-2-5-14-10-19(24)26-17-11-15(6-7-16(14)17)25-12-18(23)22-20(13-21)8-3-4-9-20/h6-7,10-11H,2-5,8-9,12H2,1H3,(H,22,23). The Morgan fingerprint density at radius 2 is 2.12 bits per heavy atom. The Morgan fingerprint density at radius 1 is 1.35 bits per heavy atom. The minimum absolute atomic E-state index is 0.187. The lowest BCUT2D eigenvalue weighted by Crippen LogP contribution is -2.47. The average molecular weight is 354 g/mol. The van der Waals surface area contributed by atoms with E-state index in [4.69, 9.17) is 9.15 Å². The molecule has 6 nitrogen and oxygen atoms in total. The molecule has 6 heteroatoms. The van der Waals surface area contributed by atoms with Gasteiger partial charge in [-0.3, -0.25) is 4.79 Å². The number of hydrogen-bond donors (Lipinski definition) is 1. The summed E-state index contributed by atoms with van der Waals surface area (Å²) in [6, 6.07) is 8.95. The maximum absolute atomic E-state index is 12.1. The summed E-state index contributed by atoms with van der Waals surface area (Å²) in [7, 11) is 0. The third-order valence-electron chi connectivity index (χ3n) is 4.74. The van der Waals surface area contributed by atoms with Crippen LogP contribution in [0.15, 0.2) is 33.5 Å². The number of aryl methyl sites for hydroxylation is 1. The molecule has 136 valence electrons. The second-order valence-corrected chi connectivity index (χ2v) is 6.74. The molecule has 2 aromatic rings. The minimum Gasteiger partial charge on any atom is -0.484 e. The third-order valence-corrected chi connectivity index (χ3v) is 4.74. The molecular weight excluding hydrogens is 332 g/mol. The zero-order chi connectivity index (χ0) is 18.6. The fourth-order valence-electron chi connectivity index (χ4n) is 3.47. The van der Waals surface area contributed by atoms with E-state index in [0.717, 1.165) is 36.6 Å². The quantitative estimate of drug-likeness (QED) is 0.805. The van der Waals surface area contributed by atoms with Crippen LogP contribution in [0.25, 0.3) is 11.0 Å². The monoisotopic (exact) mass is 354 g/mol. The van der Waals surface area contributed by atoms with Crippen LogP contribution in [0.3, 0.4) is 0 Å². The molecule has 0 saturated heterocycles. The van der Waals surface area contributed by atoms with Gasteiger partial charge in [0.05, 0.1) is 6.07 Å². The number of nitriles is 1. The van der Waals surface area contributed by atoms with Gasteiger partial charge in [0, 0.05) is 17.5 Å². The van der Waals surface area contributed by atoms with Gasteiger partial charge in [0.2, 0.25) is 0 Å². The molecule has 1 aromatic heterocycles. The summed E-state index contributed by atoms with van der Waals surface area (Å²) in [5, 5.41) is 13.0. The first kappa shape index (κ1) is 18.0. The lowest BCUT2D eigenvalue weighted by atomic mass is 10.00. The molecule has 0 radical (unpaired) electrons. The lowest BCUT2D eigenvalue weighted by molar-refractivity contribution is -0.124. The highest BCUT2D eigenvalue weighted by atomic mass is 16.5. The van der Waals surface area contributed by atoms with Gasteiger partial charge in [-0.25, -0.2) is 4.79 Å². The second-order valence-electron chi connectivity index (χ2n) is 6.74. The molecule has 0 bridgehead atoms. The predicted octanol–water partition coefficient (Wildman–Crippen LogP) is 3.08. The van der Waals surface area contributed by atoms with E-state index in [-0.39, 0.29) is 12.5 Å². The molecule has 3 rings (SSSR count). The minimum atomic E-state index is -0.758. The fraction of sp³-hybridized carbons (Fsp3) is 0.450. The topological polar surface area (TPSA) is 92.3 Å². The molecule has 26 heavy (non-hydrogen) atoms. The molecule has 1 saturated carbocycles. The van der Waals surface area contributed by atoms with Crippen LogP contribution >= 0.6 is 0 Å². The average Bonchev–Trinajstić information content (AvgIpc) is 3.08. The van der Waals surface area contributed by atoms with Crippen LogP contribution in [0.4, 0.5) is 0 Å². The Bertz CT molecular complexity index is 904. The van der Waals surface area contributed by atoms with Crippen molar-refractivity contribution in [3.05, 3.63) is 40.2 Å². The molecule has 0 unspecified atom stereocenters. The van der Waals surface area contributed by atoms with Gasteiger partial charge in [-0.2, -0.15) is 5.26 Å². The van der Waals surface area contributed by atoms with E-state index in [0.29, 0.717) is 24.2 Å². The zero-order valence-electron chi connectivity index (χ0n) is 14.8. The second kappa shape index (κ2) is 7.61. The van der Waals surface area contributed by atoms with E-state index in [1.54, 1.807) is 12.1 Å². The highest BCUT2D eigenvalue weighted by molar-refractivity contribution is 5.82. The van der Waals surface area contributed by atoms with E-state index >= 15 is 0 Å². The van der Waals surface area contributed by atoms with Gasteiger partial charge in [-0.15, -0.1) is 0 Å². The Kier molecular flexibility index (Phi) is 5.27. The van der Waals surface area contributed by atoms with Gasteiger partial charge in [0.25, 0.3) is 5.91 Å².